The Labute approximate surface area is 105 Å². The Morgan fingerprint density at radius 3 is 2.88 bits per heavy atom. The van der Waals surface area contributed by atoms with Crippen molar-refractivity contribution in [3.8, 4) is 5.75 Å². The van der Waals surface area contributed by atoms with E-state index in [0.29, 0.717) is 6.61 Å². The Bertz CT molecular complexity index is 467. The van der Waals surface area contributed by atoms with Gasteiger partial charge in [-0.15, -0.1) is 11.3 Å². The number of pyridine rings is 1. The minimum Gasteiger partial charge on any atom is -0.485 e. The van der Waals surface area contributed by atoms with Crippen LogP contribution in [0.4, 0.5) is 0 Å². The lowest BCUT2D eigenvalue weighted by atomic mass is 10.3. The first-order chi connectivity index (χ1) is 8.28. The number of hydrogen-bond donors (Lipinski definition) is 1. The Morgan fingerprint density at radius 1 is 1.41 bits per heavy atom. The summed E-state index contributed by atoms with van der Waals surface area (Å²) in [4.78, 5) is 8.62. The van der Waals surface area contributed by atoms with Gasteiger partial charge in [-0.1, -0.05) is 0 Å². The Hall–Kier alpha value is -1.46. The fraction of sp³-hybridized carbons (Fsp3) is 0.333. The number of hydrogen-bond acceptors (Lipinski definition) is 5. The summed E-state index contributed by atoms with van der Waals surface area (Å²) in [5.74, 6) is 0.776. The van der Waals surface area contributed by atoms with Crippen LogP contribution in [-0.2, 0) is 13.2 Å². The summed E-state index contributed by atoms with van der Waals surface area (Å²) < 4.78 is 5.60. The van der Waals surface area contributed by atoms with Crippen LogP contribution < -0.4 is 10.1 Å². The van der Waals surface area contributed by atoms with Crippen LogP contribution >= 0.6 is 11.3 Å². The first-order valence-corrected chi connectivity index (χ1v) is 6.29. The minimum absolute atomic E-state index is 0.506. The van der Waals surface area contributed by atoms with Gasteiger partial charge in [0.25, 0.3) is 0 Å². The Balaban J connectivity index is 1.90. The smallest absolute Gasteiger partial charge is 0.140 e. The Kier molecular flexibility index (Phi) is 4.06. The Morgan fingerprint density at radius 2 is 2.29 bits per heavy atom. The molecule has 2 rings (SSSR count). The lowest BCUT2D eigenvalue weighted by Gasteiger charge is -2.04. The number of nitrogens with one attached hydrogen (secondary N) is 1. The quantitative estimate of drug-likeness (QED) is 0.882. The van der Waals surface area contributed by atoms with Gasteiger partial charge in [-0.2, -0.15) is 0 Å². The molecule has 0 aliphatic carbocycles. The van der Waals surface area contributed by atoms with E-state index < -0.39 is 0 Å². The summed E-state index contributed by atoms with van der Waals surface area (Å²) in [6.07, 6.45) is 1.74. The fourth-order valence-corrected chi connectivity index (χ4v) is 2.08. The van der Waals surface area contributed by atoms with Gasteiger partial charge in [0.1, 0.15) is 17.4 Å². The number of aromatic nitrogens is 2. The van der Waals surface area contributed by atoms with E-state index in [-0.39, 0.29) is 0 Å². The molecular weight excluding hydrogens is 234 g/mol. The van der Waals surface area contributed by atoms with E-state index in [1.165, 1.54) is 0 Å². The standard InChI is InChI=1S/C12H15N3OS/c1-9-8-17-12(15-9)7-16-11-4-3-10(5-13-2)14-6-11/h3-4,6,8,13H,5,7H2,1-2H3. The molecule has 17 heavy (non-hydrogen) atoms. The maximum absolute atomic E-state index is 5.60. The zero-order valence-electron chi connectivity index (χ0n) is 9.93. The van der Waals surface area contributed by atoms with E-state index in [4.69, 9.17) is 4.74 Å². The largest absolute Gasteiger partial charge is 0.485 e. The van der Waals surface area contributed by atoms with Crippen molar-refractivity contribution in [2.24, 2.45) is 0 Å². The van der Waals surface area contributed by atoms with Crippen molar-refractivity contribution in [3.05, 3.63) is 40.1 Å². The van der Waals surface area contributed by atoms with Crippen LogP contribution in [0, 0.1) is 6.92 Å². The van der Waals surface area contributed by atoms with Gasteiger partial charge in [0.05, 0.1) is 11.9 Å². The average molecular weight is 249 g/mol. The molecule has 2 aromatic rings. The summed E-state index contributed by atoms with van der Waals surface area (Å²) >= 11 is 1.61. The van der Waals surface area contributed by atoms with Gasteiger partial charge in [0.15, 0.2) is 0 Å². The molecule has 0 unspecified atom stereocenters. The summed E-state index contributed by atoms with van der Waals surface area (Å²) in [6.45, 7) is 3.26. The van der Waals surface area contributed by atoms with Gasteiger partial charge in [0.2, 0.25) is 0 Å². The molecule has 0 atom stereocenters. The molecule has 0 aromatic carbocycles. The molecule has 0 saturated carbocycles. The predicted molar refractivity (Wildman–Crippen MR) is 68.2 cm³/mol. The van der Waals surface area contributed by atoms with Crippen LogP contribution in [0.3, 0.4) is 0 Å². The molecule has 0 radical (unpaired) electrons. The zero-order chi connectivity index (χ0) is 12.1. The maximum atomic E-state index is 5.60. The molecule has 4 nitrogen and oxygen atoms in total. The van der Waals surface area contributed by atoms with Crippen LogP contribution in [0.25, 0.3) is 0 Å². The first-order valence-electron chi connectivity index (χ1n) is 5.41. The third-order valence-electron chi connectivity index (χ3n) is 2.18. The SMILES string of the molecule is CNCc1ccc(OCc2nc(C)cs2)cn1. The van der Waals surface area contributed by atoms with Crippen LogP contribution in [-0.4, -0.2) is 17.0 Å². The van der Waals surface area contributed by atoms with E-state index in [1.54, 1.807) is 17.5 Å². The van der Waals surface area contributed by atoms with Crippen molar-refractivity contribution in [2.45, 2.75) is 20.1 Å². The third kappa shape index (κ3) is 3.51. The van der Waals surface area contributed by atoms with E-state index in [9.17, 15) is 0 Å². The highest BCUT2D eigenvalue weighted by molar-refractivity contribution is 7.09. The fourth-order valence-electron chi connectivity index (χ4n) is 1.40. The molecule has 0 bridgehead atoms. The second-order valence-corrected chi connectivity index (χ2v) is 4.63. The predicted octanol–water partition coefficient (Wildman–Crippen LogP) is 2.14. The zero-order valence-corrected chi connectivity index (χ0v) is 10.8. The average Bonchev–Trinajstić information content (AvgIpc) is 2.75. The molecule has 5 heteroatoms. The highest BCUT2D eigenvalue weighted by atomic mass is 32.1. The number of thiazole rings is 1. The van der Waals surface area contributed by atoms with Crippen LogP contribution in [0.15, 0.2) is 23.7 Å². The van der Waals surface area contributed by atoms with Crippen LogP contribution in [0.2, 0.25) is 0 Å². The van der Waals surface area contributed by atoms with E-state index in [2.05, 4.69) is 15.3 Å². The van der Waals surface area contributed by atoms with E-state index >= 15 is 0 Å². The molecule has 0 aliphatic heterocycles. The normalized spacial score (nSPS) is 10.5. The summed E-state index contributed by atoms with van der Waals surface area (Å²) in [5.41, 5.74) is 2.04. The molecule has 0 saturated heterocycles. The van der Waals surface area contributed by atoms with Gasteiger partial charge in [0, 0.05) is 17.6 Å². The van der Waals surface area contributed by atoms with E-state index in [0.717, 1.165) is 28.7 Å². The second kappa shape index (κ2) is 5.75. The number of rotatable bonds is 5. The van der Waals surface area contributed by atoms with Crippen LogP contribution in [0.5, 0.6) is 5.75 Å². The van der Waals surface area contributed by atoms with E-state index in [1.807, 2.05) is 31.5 Å². The topological polar surface area (TPSA) is 47.0 Å². The van der Waals surface area contributed by atoms with Crippen LogP contribution in [0.1, 0.15) is 16.4 Å². The van der Waals surface area contributed by atoms with Crippen molar-refractivity contribution < 1.29 is 4.74 Å². The third-order valence-corrected chi connectivity index (χ3v) is 3.12. The first kappa shape index (κ1) is 12.0. The summed E-state index contributed by atoms with van der Waals surface area (Å²) in [7, 11) is 1.90. The van der Waals surface area contributed by atoms with Gasteiger partial charge >= 0.3 is 0 Å². The molecule has 2 aromatic heterocycles. The van der Waals surface area contributed by atoms with Crippen molar-refractivity contribution in [3.63, 3.8) is 0 Å². The summed E-state index contributed by atoms with van der Waals surface area (Å²) in [6, 6.07) is 3.89. The van der Waals surface area contributed by atoms with Crippen molar-refractivity contribution in [2.75, 3.05) is 7.05 Å². The van der Waals surface area contributed by atoms with Crippen molar-refractivity contribution in [1.29, 1.82) is 0 Å². The molecular formula is C12H15N3OS. The minimum atomic E-state index is 0.506. The molecule has 2 heterocycles. The molecule has 90 valence electrons. The summed E-state index contributed by atoms with van der Waals surface area (Å²) in [5, 5.41) is 6.06. The van der Waals surface area contributed by atoms with Gasteiger partial charge in [-0.3, -0.25) is 4.98 Å². The number of aryl methyl sites for hydroxylation is 1. The van der Waals surface area contributed by atoms with Crippen molar-refractivity contribution in [1.82, 2.24) is 15.3 Å². The van der Waals surface area contributed by atoms with Gasteiger partial charge in [-0.25, -0.2) is 4.98 Å². The molecule has 0 aliphatic rings. The molecule has 1 N–H and O–H groups in total. The number of ether oxygens (including phenoxy) is 1. The lowest BCUT2D eigenvalue weighted by Crippen LogP contribution is -2.06. The van der Waals surface area contributed by atoms with Gasteiger partial charge in [-0.05, 0) is 26.1 Å². The van der Waals surface area contributed by atoms with Gasteiger partial charge < -0.3 is 10.1 Å². The lowest BCUT2D eigenvalue weighted by molar-refractivity contribution is 0.304. The molecule has 0 fully saturated rings. The van der Waals surface area contributed by atoms with Crippen molar-refractivity contribution >= 4 is 11.3 Å². The number of nitrogens with zero attached hydrogens (tertiary/aromatic N) is 2. The highest BCUT2D eigenvalue weighted by Gasteiger charge is 2.00. The maximum Gasteiger partial charge on any atom is 0.140 e. The highest BCUT2D eigenvalue weighted by Crippen LogP contribution is 2.14. The second-order valence-electron chi connectivity index (χ2n) is 3.69. The monoisotopic (exact) mass is 249 g/mol. The molecule has 0 spiro atoms. The molecule has 0 amide bonds.